The van der Waals surface area contributed by atoms with E-state index in [1.54, 1.807) is 30.6 Å². The Kier molecular flexibility index (Phi) is 2.23. The molecule has 3 nitrogen and oxygen atoms in total. The van der Waals surface area contributed by atoms with Crippen molar-refractivity contribution in [1.82, 2.24) is 0 Å². The molecule has 1 atom stereocenters. The number of carbonyl (C=O) groups excluding carboxylic acids is 1. The van der Waals surface area contributed by atoms with Crippen molar-refractivity contribution in [3.8, 4) is 0 Å². The summed E-state index contributed by atoms with van der Waals surface area (Å²) in [4.78, 5) is 10.1. The molecule has 4 N–H and O–H groups in total. The summed E-state index contributed by atoms with van der Waals surface area (Å²) in [7, 11) is 0. The molecule has 3 heteroatoms. The van der Waals surface area contributed by atoms with Crippen LogP contribution in [0.15, 0.2) is 24.3 Å². The van der Waals surface area contributed by atoms with Crippen LogP contribution in [0.2, 0.25) is 0 Å². The Morgan fingerprint density at radius 3 is 2.27 bits per heavy atom. The molecule has 0 aliphatic rings. The van der Waals surface area contributed by atoms with E-state index in [2.05, 4.69) is 0 Å². The van der Waals surface area contributed by atoms with Gasteiger partial charge in [0.05, 0.1) is 6.04 Å². The lowest BCUT2D eigenvalue weighted by atomic mass is 10.1. The second-order valence-corrected chi connectivity index (χ2v) is 2.26. The van der Waals surface area contributed by atoms with Crippen LogP contribution in [0.25, 0.3) is 0 Å². The highest BCUT2D eigenvalue weighted by molar-refractivity contribution is 5.62. The Morgan fingerprint density at radius 2 is 1.82 bits per heavy atom. The van der Waals surface area contributed by atoms with Gasteiger partial charge in [0.25, 0.3) is 0 Å². The van der Waals surface area contributed by atoms with Crippen LogP contribution in [-0.2, 0) is 4.79 Å². The number of nitrogen functional groups attached to an aromatic ring is 1. The SMILES string of the molecule is Nc1ccc(C(N)[C]=O)cc1. The van der Waals surface area contributed by atoms with Gasteiger partial charge in [0.15, 0.2) is 0 Å². The number of hydrogen-bond donors (Lipinski definition) is 2. The Labute approximate surface area is 65.0 Å². The maximum Gasteiger partial charge on any atom is 0.221 e. The molecule has 57 valence electrons. The first-order valence-electron chi connectivity index (χ1n) is 3.22. The standard InChI is InChI=1S/C8H9N2O/c9-7-3-1-6(2-4-7)8(10)5-11/h1-4,8H,9-10H2. The van der Waals surface area contributed by atoms with Gasteiger partial charge in [-0.1, -0.05) is 12.1 Å². The molecule has 1 rings (SSSR count). The van der Waals surface area contributed by atoms with E-state index in [1.807, 2.05) is 0 Å². The molecule has 0 amide bonds. The molecule has 0 aliphatic heterocycles. The first-order valence-corrected chi connectivity index (χ1v) is 3.22. The third-order valence-corrected chi connectivity index (χ3v) is 1.42. The lowest BCUT2D eigenvalue weighted by Crippen LogP contribution is -2.10. The van der Waals surface area contributed by atoms with E-state index >= 15 is 0 Å². The molecule has 11 heavy (non-hydrogen) atoms. The second-order valence-electron chi connectivity index (χ2n) is 2.26. The van der Waals surface area contributed by atoms with Crippen molar-refractivity contribution in [3.05, 3.63) is 29.8 Å². The van der Waals surface area contributed by atoms with Crippen LogP contribution in [0.1, 0.15) is 11.6 Å². The molecule has 1 aromatic rings. The zero-order valence-electron chi connectivity index (χ0n) is 5.95. The number of nitrogens with two attached hydrogens (primary N) is 2. The van der Waals surface area contributed by atoms with Crippen molar-refractivity contribution in [1.29, 1.82) is 0 Å². The molecule has 0 aromatic heterocycles. The summed E-state index contributed by atoms with van der Waals surface area (Å²) in [6, 6.07) is 6.17. The van der Waals surface area contributed by atoms with Gasteiger partial charge in [0, 0.05) is 5.69 Å². The number of anilines is 1. The molecule has 1 unspecified atom stereocenters. The zero-order valence-corrected chi connectivity index (χ0v) is 5.95. The maximum atomic E-state index is 10.1. The fourth-order valence-electron chi connectivity index (χ4n) is 0.771. The third kappa shape index (κ3) is 1.78. The topological polar surface area (TPSA) is 69.1 Å². The van der Waals surface area contributed by atoms with Gasteiger partial charge < -0.3 is 11.5 Å². The molecule has 0 spiro atoms. The van der Waals surface area contributed by atoms with Crippen LogP contribution in [-0.4, -0.2) is 6.29 Å². The van der Waals surface area contributed by atoms with E-state index < -0.39 is 6.04 Å². The van der Waals surface area contributed by atoms with Crippen molar-refractivity contribution in [3.63, 3.8) is 0 Å². The fourth-order valence-corrected chi connectivity index (χ4v) is 0.771. The lowest BCUT2D eigenvalue weighted by Gasteiger charge is -2.02. The first-order chi connectivity index (χ1) is 5.24. The van der Waals surface area contributed by atoms with Crippen molar-refractivity contribution in [2.24, 2.45) is 5.73 Å². The molecule has 0 heterocycles. The minimum Gasteiger partial charge on any atom is -0.399 e. The van der Waals surface area contributed by atoms with Crippen LogP contribution in [0, 0.1) is 0 Å². The highest BCUT2D eigenvalue weighted by Crippen LogP contribution is 2.10. The number of hydrogen-bond acceptors (Lipinski definition) is 3. The smallest absolute Gasteiger partial charge is 0.221 e. The van der Waals surface area contributed by atoms with Gasteiger partial charge in [-0.05, 0) is 17.7 Å². The second kappa shape index (κ2) is 3.16. The van der Waals surface area contributed by atoms with Crippen LogP contribution < -0.4 is 11.5 Å². The average Bonchev–Trinajstić information content (AvgIpc) is 2.05. The molecule has 0 fully saturated rings. The molecule has 0 bridgehead atoms. The normalized spacial score (nSPS) is 12.5. The van der Waals surface area contributed by atoms with Crippen molar-refractivity contribution in [2.45, 2.75) is 6.04 Å². The quantitative estimate of drug-likeness (QED) is 0.597. The van der Waals surface area contributed by atoms with E-state index in [0.29, 0.717) is 5.69 Å². The molecule has 0 saturated heterocycles. The van der Waals surface area contributed by atoms with E-state index in [4.69, 9.17) is 11.5 Å². The Balaban J connectivity index is 2.89. The Hall–Kier alpha value is -1.35. The first kappa shape index (κ1) is 7.75. The highest BCUT2D eigenvalue weighted by atomic mass is 16.1. The third-order valence-electron chi connectivity index (χ3n) is 1.42. The molecule has 0 aliphatic carbocycles. The summed E-state index contributed by atoms with van der Waals surface area (Å²) in [5.74, 6) is 0. The van der Waals surface area contributed by atoms with Gasteiger partial charge in [-0.2, -0.15) is 0 Å². The molecule has 1 radical (unpaired) electrons. The summed E-state index contributed by atoms with van der Waals surface area (Å²) in [6.07, 6.45) is 1.69. The summed E-state index contributed by atoms with van der Waals surface area (Å²) in [5.41, 5.74) is 12.2. The van der Waals surface area contributed by atoms with Crippen LogP contribution >= 0.6 is 0 Å². The summed E-state index contributed by atoms with van der Waals surface area (Å²) in [6.45, 7) is 0. The van der Waals surface area contributed by atoms with E-state index in [9.17, 15) is 4.79 Å². The van der Waals surface area contributed by atoms with Crippen LogP contribution in [0.5, 0.6) is 0 Å². The number of benzene rings is 1. The molecule has 0 saturated carbocycles. The van der Waals surface area contributed by atoms with Crippen LogP contribution in [0.4, 0.5) is 5.69 Å². The maximum absolute atomic E-state index is 10.1. The monoisotopic (exact) mass is 149 g/mol. The van der Waals surface area contributed by atoms with E-state index in [1.165, 1.54) is 0 Å². The van der Waals surface area contributed by atoms with E-state index in [0.717, 1.165) is 5.56 Å². The van der Waals surface area contributed by atoms with Gasteiger partial charge in [-0.25, -0.2) is 0 Å². The van der Waals surface area contributed by atoms with Gasteiger partial charge in [-0.3, -0.25) is 4.79 Å². The fraction of sp³-hybridized carbons (Fsp3) is 0.125. The van der Waals surface area contributed by atoms with Gasteiger partial charge in [-0.15, -0.1) is 0 Å². The predicted octanol–water partition coefficient (Wildman–Crippen LogP) is 0.378. The largest absolute Gasteiger partial charge is 0.399 e. The van der Waals surface area contributed by atoms with Crippen molar-refractivity contribution < 1.29 is 4.79 Å². The average molecular weight is 149 g/mol. The Bertz CT molecular complexity index is 243. The van der Waals surface area contributed by atoms with Crippen molar-refractivity contribution in [2.75, 3.05) is 5.73 Å². The highest BCUT2D eigenvalue weighted by Gasteiger charge is 2.02. The van der Waals surface area contributed by atoms with Crippen LogP contribution in [0.3, 0.4) is 0 Å². The number of rotatable bonds is 2. The van der Waals surface area contributed by atoms with Gasteiger partial charge >= 0.3 is 0 Å². The zero-order chi connectivity index (χ0) is 8.27. The Morgan fingerprint density at radius 1 is 1.27 bits per heavy atom. The van der Waals surface area contributed by atoms with Crippen molar-refractivity contribution >= 4 is 12.0 Å². The van der Waals surface area contributed by atoms with Gasteiger partial charge in [0.1, 0.15) is 0 Å². The molecule has 1 aromatic carbocycles. The minimum absolute atomic E-state index is 0.657. The predicted molar refractivity (Wildman–Crippen MR) is 43.5 cm³/mol. The lowest BCUT2D eigenvalue weighted by molar-refractivity contribution is 0.544. The van der Waals surface area contributed by atoms with E-state index in [-0.39, 0.29) is 0 Å². The summed E-state index contributed by atoms with van der Waals surface area (Å²) < 4.78 is 0. The molecular weight excluding hydrogens is 140 g/mol. The minimum atomic E-state index is -0.657. The summed E-state index contributed by atoms with van der Waals surface area (Å²) >= 11 is 0. The molecular formula is C8H9N2O. The summed E-state index contributed by atoms with van der Waals surface area (Å²) in [5, 5.41) is 0. The van der Waals surface area contributed by atoms with Gasteiger partial charge in [0.2, 0.25) is 6.29 Å².